The van der Waals surface area contributed by atoms with E-state index in [1.165, 1.54) is 6.92 Å². The first-order chi connectivity index (χ1) is 18.3. The molecule has 0 aromatic rings. The fraction of sp³-hybridized carbons (Fsp3) is 0.727. The Balaban J connectivity index is 5.73. The number of amides is 3. The molecule has 39 heavy (non-hydrogen) atoms. The minimum Gasteiger partial charge on any atom is -0.480 e. The van der Waals surface area contributed by atoms with Crippen molar-refractivity contribution in [2.24, 2.45) is 44.4 Å². The Labute approximate surface area is 227 Å². The SMILES string of the molecule is CC(O)C(N)C(=O)NC(CCCN=C(N)N)C(=O)NC(CCCN=C(N)N)C(=O)NC(CCCCN)C(=O)O. The third-order valence-corrected chi connectivity index (χ3v) is 5.54. The highest BCUT2D eigenvalue weighted by Crippen LogP contribution is 2.07. The van der Waals surface area contributed by atoms with Gasteiger partial charge in [0.2, 0.25) is 17.7 Å². The van der Waals surface area contributed by atoms with Gasteiger partial charge in [0.25, 0.3) is 0 Å². The number of carboxylic acids is 1. The Bertz CT molecular complexity index is 844. The maximum Gasteiger partial charge on any atom is 0.326 e. The Kier molecular flexibility index (Phi) is 17.5. The monoisotopic (exact) mass is 559 g/mol. The molecule has 17 nitrogen and oxygen atoms in total. The van der Waals surface area contributed by atoms with Crippen LogP contribution in [0, 0.1) is 0 Å². The van der Waals surface area contributed by atoms with Crippen LogP contribution in [-0.2, 0) is 19.2 Å². The van der Waals surface area contributed by atoms with E-state index in [-0.39, 0.29) is 57.1 Å². The molecule has 5 unspecified atom stereocenters. The first-order valence-corrected chi connectivity index (χ1v) is 12.7. The summed E-state index contributed by atoms with van der Waals surface area (Å²) in [5, 5.41) is 26.6. The van der Waals surface area contributed by atoms with Gasteiger partial charge in [-0.3, -0.25) is 24.4 Å². The lowest BCUT2D eigenvalue weighted by atomic mass is 10.0. The van der Waals surface area contributed by atoms with E-state index in [4.69, 9.17) is 34.4 Å². The van der Waals surface area contributed by atoms with Crippen molar-refractivity contribution < 1.29 is 29.4 Å². The number of unbranched alkanes of at least 4 members (excludes halogenated alkanes) is 1. The molecule has 0 bridgehead atoms. The van der Waals surface area contributed by atoms with Crippen LogP contribution in [0.5, 0.6) is 0 Å². The van der Waals surface area contributed by atoms with Gasteiger partial charge in [0.15, 0.2) is 11.9 Å². The number of aliphatic imine (C=N–C) groups is 2. The Morgan fingerprint density at radius 3 is 1.51 bits per heavy atom. The fourth-order valence-electron chi connectivity index (χ4n) is 3.33. The maximum absolute atomic E-state index is 13.2. The van der Waals surface area contributed by atoms with E-state index >= 15 is 0 Å². The van der Waals surface area contributed by atoms with E-state index in [0.29, 0.717) is 19.4 Å². The average Bonchev–Trinajstić information content (AvgIpc) is 2.85. The van der Waals surface area contributed by atoms with Crippen molar-refractivity contribution in [3.63, 3.8) is 0 Å². The number of rotatable bonds is 20. The van der Waals surface area contributed by atoms with Crippen LogP contribution in [0.25, 0.3) is 0 Å². The van der Waals surface area contributed by atoms with Crippen molar-refractivity contribution in [1.82, 2.24) is 16.0 Å². The quantitative estimate of drug-likeness (QED) is 0.0381. The summed E-state index contributed by atoms with van der Waals surface area (Å²) in [5.74, 6) is -3.78. The molecule has 0 radical (unpaired) electrons. The van der Waals surface area contributed by atoms with Crippen molar-refractivity contribution >= 4 is 35.6 Å². The number of nitrogens with one attached hydrogen (secondary N) is 3. The molecule has 0 aromatic heterocycles. The molecule has 0 saturated carbocycles. The molecule has 0 fully saturated rings. The maximum atomic E-state index is 13.2. The van der Waals surface area contributed by atoms with Gasteiger partial charge >= 0.3 is 5.97 Å². The van der Waals surface area contributed by atoms with E-state index in [1.807, 2.05) is 0 Å². The summed E-state index contributed by atoms with van der Waals surface area (Å²) >= 11 is 0. The molecule has 0 aromatic carbocycles. The molecule has 17 heteroatoms. The molecule has 0 saturated heterocycles. The van der Waals surface area contributed by atoms with Gasteiger partial charge in [-0.05, 0) is 58.4 Å². The van der Waals surface area contributed by atoms with E-state index in [2.05, 4.69) is 25.9 Å². The standard InChI is InChI=1S/C22H45N11O6/c1-12(34)16(24)19(37)32-14(8-5-11-30-22(27)28)17(35)31-13(7-4-10-29-21(25)26)18(36)33-15(20(38)39)6-2-3-9-23/h12-16,34H,2-11,23-24H2,1H3,(H,31,35)(H,32,37)(H,33,36)(H,38,39)(H4,25,26,29)(H4,27,28,30). The van der Waals surface area contributed by atoms with Crippen LogP contribution in [-0.4, -0.2) is 95.7 Å². The number of guanidine groups is 2. The Morgan fingerprint density at radius 2 is 1.13 bits per heavy atom. The average molecular weight is 560 g/mol. The molecule has 0 aliphatic carbocycles. The first kappa shape index (κ1) is 35.3. The van der Waals surface area contributed by atoms with Crippen molar-refractivity contribution in [3.05, 3.63) is 0 Å². The van der Waals surface area contributed by atoms with E-state index in [0.717, 1.165) is 0 Å². The van der Waals surface area contributed by atoms with Crippen molar-refractivity contribution in [2.75, 3.05) is 19.6 Å². The van der Waals surface area contributed by atoms with Crippen LogP contribution in [0.1, 0.15) is 51.9 Å². The second-order valence-electron chi connectivity index (χ2n) is 8.97. The number of carboxylic acid groups (broad SMARTS) is 1. The number of nitrogens with two attached hydrogens (primary N) is 6. The zero-order valence-corrected chi connectivity index (χ0v) is 22.3. The summed E-state index contributed by atoms with van der Waals surface area (Å²) in [4.78, 5) is 58.0. The lowest BCUT2D eigenvalue weighted by Gasteiger charge is -2.25. The molecule has 0 spiro atoms. The van der Waals surface area contributed by atoms with E-state index in [1.54, 1.807) is 0 Å². The predicted molar refractivity (Wildman–Crippen MR) is 146 cm³/mol. The number of carbonyl (C=O) groups excluding carboxylic acids is 3. The highest BCUT2D eigenvalue weighted by molar-refractivity contribution is 5.94. The number of aliphatic carboxylic acids is 1. The summed E-state index contributed by atoms with van der Waals surface area (Å²) < 4.78 is 0. The largest absolute Gasteiger partial charge is 0.480 e. The number of hydrogen-bond donors (Lipinski definition) is 11. The van der Waals surface area contributed by atoms with Gasteiger partial charge in [0.1, 0.15) is 24.2 Å². The lowest BCUT2D eigenvalue weighted by molar-refractivity contribution is -0.142. The second-order valence-corrected chi connectivity index (χ2v) is 8.97. The summed E-state index contributed by atoms with van der Waals surface area (Å²) in [6.45, 7) is 2.01. The van der Waals surface area contributed by atoms with E-state index < -0.39 is 54.0 Å². The third-order valence-electron chi connectivity index (χ3n) is 5.54. The minimum absolute atomic E-state index is 0.0609. The van der Waals surface area contributed by atoms with Crippen molar-refractivity contribution in [3.8, 4) is 0 Å². The molecule has 0 rings (SSSR count). The molecule has 3 amide bonds. The molecular weight excluding hydrogens is 514 g/mol. The topological polar surface area (TPSA) is 326 Å². The second kappa shape index (κ2) is 19.4. The normalized spacial score (nSPS) is 14.6. The number of aliphatic hydroxyl groups excluding tert-OH is 1. The van der Waals surface area contributed by atoms with Gasteiger partial charge in [0, 0.05) is 13.1 Å². The predicted octanol–water partition coefficient (Wildman–Crippen LogP) is -4.53. The van der Waals surface area contributed by atoms with Crippen molar-refractivity contribution in [1.29, 1.82) is 0 Å². The van der Waals surface area contributed by atoms with E-state index in [9.17, 15) is 29.4 Å². The van der Waals surface area contributed by atoms with Crippen LogP contribution >= 0.6 is 0 Å². The van der Waals surface area contributed by atoms with Gasteiger partial charge in [-0.15, -0.1) is 0 Å². The molecule has 0 aliphatic rings. The zero-order chi connectivity index (χ0) is 30.0. The molecule has 0 aliphatic heterocycles. The first-order valence-electron chi connectivity index (χ1n) is 12.7. The molecule has 5 atom stereocenters. The number of carbonyl (C=O) groups is 4. The van der Waals surface area contributed by atoms with Crippen molar-refractivity contribution in [2.45, 2.75) is 82.1 Å². The molecule has 0 heterocycles. The summed E-state index contributed by atoms with van der Waals surface area (Å²) in [6, 6.07) is -4.84. The smallest absolute Gasteiger partial charge is 0.326 e. The van der Waals surface area contributed by atoms with Gasteiger partial charge in [-0.2, -0.15) is 0 Å². The summed E-state index contributed by atoms with van der Waals surface area (Å²) in [5.41, 5.74) is 32.4. The Morgan fingerprint density at radius 1 is 0.718 bits per heavy atom. The highest BCUT2D eigenvalue weighted by Gasteiger charge is 2.30. The van der Waals surface area contributed by atoms with Crippen LogP contribution in [0.4, 0.5) is 0 Å². The van der Waals surface area contributed by atoms with Gasteiger partial charge < -0.3 is 60.6 Å². The zero-order valence-electron chi connectivity index (χ0n) is 22.3. The number of hydrogen-bond acceptors (Lipinski definition) is 9. The number of aliphatic hydroxyl groups is 1. The molecular formula is C22H45N11O6. The third kappa shape index (κ3) is 16.0. The van der Waals surface area contributed by atoms with Crippen LogP contribution in [0.15, 0.2) is 9.98 Å². The molecule has 17 N–H and O–H groups in total. The van der Waals surface area contributed by atoms with Crippen LogP contribution in [0.3, 0.4) is 0 Å². The van der Waals surface area contributed by atoms with Gasteiger partial charge in [0.05, 0.1) is 6.10 Å². The van der Waals surface area contributed by atoms with Crippen LogP contribution < -0.4 is 50.4 Å². The van der Waals surface area contributed by atoms with Gasteiger partial charge in [-0.1, -0.05) is 0 Å². The molecule has 224 valence electrons. The lowest BCUT2D eigenvalue weighted by Crippen LogP contribution is -2.58. The van der Waals surface area contributed by atoms with Gasteiger partial charge in [-0.25, -0.2) is 4.79 Å². The summed E-state index contributed by atoms with van der Waals surface area (Å²) in [7, 11) is 0. The van der Waals surface area contributed by atoms with Crippen LogP contribution in [0.2, 0.25) is 0 Å². The Hall–Kier alpha value is -3.70. The number of nitrogens with zero attached hydrogens (tertiary/aromatic N) is 2. The fourth-order valence-corrected chi connectivity index (χ4v) is 3.33. The highest BCUT2D eigenvalue weighted by atomic mass is 16.4. The summed E-state index contributed by atoms with van der Waals surface area (Å²) in [6.07, 6.45) is 0.701. The minimum atomic E-state index is -1.30.